The van der Waals surface area contributed by atoms with Gasteiger partial charge in [-0.3, -0.25) is 9.59 Å². The first kappa shape index (κ1) is 20.1. The SMILES string of the molecule is Cn1cc(B2OC(C)(C)C(C)(C)O2)c2cc(C(=O)NC3(C)CC3(F)F)[nH]c2c1=O. The third kappa shape index (κ3) is 2.92. The van der Waals surface area contributed by atoms with Crippen molar-refractivity contribution in [1.82, 2.24) is 14.9 Å². The van der Waals surface area contributed by atoms with Gasteiger partial charge >= 0.3 is 7.12 Å². The van der Waals surface area contributed by atoms with Crippen molar-refractivity contribution in [2.75, 3.05) is 0 Å². The number of nitrogens with zero attached hydrogens (tertiary/aromatic N) is 1. The van der Waals surface area contributed by atoms with E-state index < -0.39 is 42.1 Å². The molecule has 7 nitrogen and oxygen atoms in total. The van der Waals surface area contributed by atoms with Gasteiger partial charge in [-0.25, -0.2) is 8.78 Å². The molecule has 1 saturated heterocycles. The number of carbonyl (C=O) groups is 1. The fourth-order valence-electron chi connectivity index (χ4n) is 3.50. The normalized spacial score (nSPS) is 26.7. The van der Waals surface area contributed by atoms with Gasteiger partial charge in [0.2, 0.25) is 0 Å². The maximum absolute atomic E-state index is 13.5. The lowest BCUT2D eigenvalue weighted by atomic mass is 9.78. The zero-order valence-electron chi connectivity index (χ0n) is 17.3. The van der Waals surface area contributed by atoms with E-state index in [1.165, 1.54) is 17.6 Å². The molecule has 2 aromatic heterocycles. The molecule has 2 aliphatic rings. The second-order valence-corrected chi connectivity index (χ2v) is 9.23. The molecule has 10 heteroatoms. The topological polar surface area (TPSA) is 85.3 Å². The third-order valence-electron chi connectivity index (χ3n) is 6.39. The minimum atomic E-state index is -2.93. The van der Waals surface area contributed by atoms with Crippen LogP contribution >= 0.6 is 0 Å². The highest BCUT2D eigenvalue weighted by molar-refractivity contribution is 6.65. The van der Waals surface area contributed by atoms with Crippen molar-refractivity contribution in [1.29, 1.82) is 0 Å². The number of nitrogens with one attached hydrogen (secondary N) is 2. The van der Waals surface area contributed by atoms with E-state index in [-0.39, 0.29) is 16.8 Å². The van der Waals surface area contributed by atoms with E-state index in [2.05, 4.69) is 10.3 Å². The van der Waals surface area contributed by atoms with E-state index in [4.69, 9.17) is 9.31 Å². The molecule has 1 atom stereocenters. The molecule has 0 radical (unpaired) electrons. The van der Waals surface area contributed by atoms with Crippen LogP contribution in [-0.2, 0) is 16.4 Å². The average molecular weight is 407 g/mol. The van der Waals surface area contributed by atoms with Crippen molar-refractivity contribution in [2.24, 2.45) is 7.05 Å². The third-order valence-corrected chi connectivity index (χ3v) is 6.39. The Bertz CT molecular complexity index is 1080. The summed E-state index contributed by atoms with van der Waals surface area (Å²) < 4.78 is 40.5. The summed E-state index contributed by atoms with van der Waals surface area (Å²) in [5, 5.41) is 2.82. The maximum atomic E-state index is 13.5. The monoisotopic (exact) mass is 407 g/mol. The van der Waals surface area contributed by atoms with Crippen LogP contribution in [0.3, 0.4) is 0 Å². The number of alkyl halides is 2. The van der Waals surface area contributed by atoms with Crippen LogP contribution in [0.5, 0.6) is 0 Å². The number of carbonyl (C=O) groups excluding carboxylic acids is 1. The lowest BCUT2D eigenvalue weighted by Gasteiger charge is -2.32. The van der Waals surface area contributed by atoms with Crippen molar-refractivity contribution in [2.45, 2.75) is 63.7 Å². The number of pyridine rings is 1. The number of aryl methyl sites for hydroxylation is 1. The molecule has 0 aromatic carbocycles. The van der Waals surface area contributed by atoms with Gasteiger partial charge in [0.15, 0.2) is 0 Å². The summed E-state index contributed by atoms with van der Waals surface area (Å²) in [6.45, 7) is 8.96. The largest absolute Gasteiger partial charge is 0.497 e. The Morgan fingerprint density at radius 1 is 1.21 bits per heavy atom. The zero-order valence-corrected chi connectivity index (χ0v) is 17.3. The highest BCUT2D eigenvalue weighted by Crippen LogP contribution is 2.52. The molecule has 2 N–H and O–H groups in total. The fraction of sp³-hybridized carbons (Fsp3) is 0.579. The van der Waals surface area contributed by atoms with Crippen LogP contribution in [0.2, 0.25) is 0 Å². The standard InChI is InChI=1S/C19H24BF2N3O4/c1-16(2)17(3,4)29-20(28-16)11-8-25(6)15(27)13-10(11)7-12(23-13)14(26)24-18(5)9-19(18,21)22/h7-8,23H,9H2,1-6H3,(H,24,26). The molecule has 156 valence electrons. The van der Waals surface area contributed by atoms with Gasteiger partial charge in [0.1, 0.15) is 16.7 Å². The number of amides is 1. The second kappa shape index (κ2) is 5.69. The molecular weight excluding hydrogens is 383 g/mol. The van der Waals surface area contributed by atoms with Crippen molar-refractivity contribution in [3.63, 3.8) is 0 Å². The van der Waals surface area contributed by atoms with Gasteiger partial charge in [-0.1, -0.05) is 0 Å². The molecule has 3 heterocycles. The van der Waals surface area contributed by atoms with E-state index in [0.717, 1.165) is 0 Å². The summed E-state index contributed by atoms with van der Waals surface area (Å²) >= 11 is 0. The number of fused-ring (bicyclic) bond motifs is 1. The number of aromatic amines is 1. The lowest BCUT2D eigenvalue weighted by Crippen LogP contribution is -2.41. The van der Waals surface area contributed by atoms with Crippen molar-refractivity contribution in [3.8, 4) is 0 Å². The minimum Gasteiger partial charge on any atom is -0.399 e. The van der Waals surface area contributed by atoms with Gasteiger partial charge in [-0.15, -0.1) is 0 Å². The first-order chi connectivity index (χ1) is 13.2. The Hall–Kier alpha value is -2.20. The van der Waals surface area contributed by atoms with Gasteiger partial charge in [-0.2, -0.15) is 0 Å². The van der Waals surface area contributed by atoms with E-state index in [1.807, 2.05) is 27.7 Å². The summed E-state index contributed by atoms with van der Waals surface area (Å²) in [4.78, 5) is 27.9. The molecule has 2 fully saturated rings. The molecule has 29 heavy (non-hydrogen) atoms. The van der Waals surface area contributed by atoms with Gasteiger partial charge in [0.05, 0.1) is 11.2 Å². The molecule has 1 aliphatic heterocycles. The molecule has 2 aromatic rings. The Balaban J connectivity index is 1.75. The molecule has 1 saturated carbocycles. The van der Waals surface area contributed by atoms with Crippen molar-refractivity contribution < 1.29 is 22.9 Å². The molecule has 1 amide bonds. The Morgan fingerprint density at radius 3 is 2.28 bits per heavy atom. The Kier molecular flexibility index (Phi) is 3.95. The number of hydrogen-bond acceptors (Lipinski definition) is 4. The number of aromatic nitrogens is 2. The smallest absolute Gasteiger partial charge is 0.399 e. The van der Waals surface area contributed by atoms with Crippen LogP contribution in [0.1, 0.15) is 51.5 Å². The summed E-state index contributed by atoms with van der Waals surface area (Å²) in [6, 6.07) is 1.48. The van der Waals surface area contributed by atoms with Crippen LogP contribution in [0.15, 0.2) is 17.1 Å². The molecule has 0 bridgehead atoms. The number of H-pyrrole nitrogens is 1. The van der Waals surface area contributed by atoms with E-state index in [1.54, 1.807) is 13.2 Å². The van der Waals surface area contributed by atoms with Crippen LogP contribution < -0.4 is 16.3 Å². The van der Waals surface area contributed by atoms with Crippen molar-refractivity contribution >= 4 is 29.4 Å². The molecule has 1 unspecified atom stereocenters. The quantitative estimate of drug-likeness (QED) is 0.759. The van der Waals surface area contributed by atoms with Gasteiger partial charge in [-0.05, 0) is 40.7 Å². The Labute approximate surface area is 166 Å². The van der Waals surface area contributed by atoms with Crippen LogP contribution in [0, 0.1) is 0 Å². The van der Waals surface area contributed by atoms with Gasteiger partial charge < -0.3 is 24.2 Å². The molecule has 1 aliphatic carbocycles. The number of halogens is 2. The summed E-state index contributed by atoms with van der Waals surface area (Å²) in [7, 11) is 0.842. The van der Waals surface area contributed by atoms with Gasteiger partial charge in [0.25, 0.3) is 17.4 Å². The first-order valence-corrected chi connectivity index (χ1v) is 9.46. The van der Waals surface area contributed by atoms with Crippen LogP contribution in [0.4, 0.5) is 8.78 Å². The Morgan fingerprint density at radius 2 is 1.76 bits per heavy atom. The summed E-state index contributed by atoms with van der Waals surface area (Å²) in [6.07, 6.45) is 1.20. The predicted octanol–water partition coefficient (Wildman–Crippen LogP) is 1.69. The summed E-state index contributed by atoms with van der Waals surface area (Å²) in [5.74, 6) is -3.62. The maximum Gasteiger partial charge on any atom is 0.497 e. The van der Waals surface area contributed by atoms with E-state index in [0.29, 0.717) is 10.8 Å². The number of hydrogen-bond donors (Lipinski definition) is 2. The molecule has 4 rings (SSSR count). The average Bonchev–Trinajstić information content (AvgIpc) is 2.89. The predicted molar refractivity (Wildman–Crippen MR) is 105 cm³/mol. The van der Waals surface area contributed by atoms with Crippen molar-refractivity contribution in [3.05, 3.63) is 28.3 Å². The zero-order chi connectivity index (χ0) is 21.6. The molecule has 0 spiro atoms. The first-order valence-electron chi connectivity index (χ1n) is 9.46. The van der Waals surface area contributed by atoms with Gasteiger partial charge in [0, 0.05) is 30.5 Å². The second-order valence-electron chi connectivity index (χ2n) is 9.23. The highest BCUT2D eigenvalue weighted by Gasteiger charge is 2.69. The van der Waals surface area contributed by atoms with Crippen LogP contribution in [-0.4, -0.2) is 45.2 Å². The highest BCUT2D eigenvalue weighted by atomic mass is 19.3. The van der Waals surface area contributed by atoms with E-state index >= 15 is 0 Å². The lowest BCUT2D eigenvalue weighted by molar-refractivity contribution is 0.00578. The van der Waals surface area contributed by atoms with E-state index in [9.17, 15) is 18.4 Å². The number of rotatable bonds is 3. The fourth-order valence-corrected chi connectivity index (χ4v) is 3.50. The summed E-state index contributed by atoms with van der Waals surface area (Å²) in [5.41, 5.74) is -2.27. The minimum absolute atomic E-state index is 0.0324. The van der Waals surface area contributed by atoms with Crippen LogP contribution in [0.25, 0.3) is 10.9 Å². The molecular formula is C19H24BF2N3O4.